The van der Waals surface area contributed by atoms with E-state index in [4.69, 9.17) is 0 Å². The quantitative estimate of drug-likeness (QED) is 0.871. The Hall–Kier alpha value is -0.410. The van der Waals surface area contributed by atoms with E-state index in [2.05, 4.69) is 48.9 Å². The zero-order valence-electron chi connectivity index (χ0n) is 11.0. The van der Waals surface area contributed by atoms with Crippen molar-refractivity contribution in [3.63, 3.8) is 0 Å². The molecule has 0 saturated carbocycles. The van der Waals surface area contributed by atoms with Crippen molar-refractivity contribution < 1.29 is 4.39 Å². The van der Waals surface area contributed by atoms with Gasteiger partial charge in [-0.1, -0.05) is 43.6 Å². The highest BCUT2D eigenvalue weighted by atomic mass is 79.9. The fraction of sp³-hybridized carbons (Fsp3) is 0.571. The van der Waals surface area contributed by atoms with Crippen LogP contribution in [0.2, 0.25) is 0 Å². The molecular weight excluding hydrogens is 281 g/mol. The molecule has 0 saturated heterocycles. The summed E-state index contributed by atoms with van der Waals surface area (Å²) in [5.41, 5.74) is 1.26. The lowest BCUT2D eigenvalue weighted by Crippen LogP contribution is -2.29. The fourth-order valence-electron chi connectivity index (χ4n) is 1.41. The van der Waals surface area contributed by atoms with Crippen LogP contribution in [0.15, 0.2) is 22.7 Å². The fourth-order valence-corrected chi connectivity index (χ4v) is 1.80. The third-order valence-corrected chi connectivity index (χ3v) is 4.03. The van der Waals surface area contributed by atoms with Gasteiger partial charge < -0.3 is 5.32 Å². The maximum Gasteiger partial charge on any atom is 0.123 e. The first-order valence-corrected chi connectivity index (χ1v) is 6.74. The number of hydrogen-bond donors (Lipinski definition) is 1. The highest BCUT2D eigenvalue weighted by Gasteiger charge is 2.19. The van der Waals surface area contributed by atoms with Crippen LogP contribution in [0, 0.1) is 17.2 Å². The van der Waals surface area contributed by atoms with Gasteiger partial charge in [-0.3, -0.25) is 0 Å². The van der Waals surface area contributed by atoms with Gasteiger partial charge in [0, 0.05) is 11.0 Å². The van der Waals surface area contributed by atoms with E-state index in [1.807, 2.05) is 0 Å². The standard InChI is InChI=1S/C14H21BrFN/c1-10(14(2,3)4)8-17-9-11-7-12(16)5-6-13(11)15/h5-7,10,17H,8-9H2,1-4H3. The minimum atomic E-state index is -0.186. The average Bonchev–Trinajstić information content (AvgIpc) is 2.21. The summed E-state index contributed by atoms with van der Waals surface area (Å²) in [6.07, 6.45) is 0. The molecule has 1 aromatic rings. The lowest BCUT2D eigenvalue weighted by Gasteiger charge is -2.27. The van der Waals surface area contributed by atoms with Crippen LogP contribution in [0.4, 0.5) is 4.39 Å². The lowest BCUT2D eigenvalue weighted by molar-refractivity contribution is 0.252. The van der Waals surface area contributed by atoms with E-state index in [1.165, 1.54) is 6.07 Å². The molecule has 0 fully saturated rings. The van der Waals surface area contributed by atoms with Crippen LogP contribution in [0.5, 0.6) is 0 Å². The van der Waals surface area contributed by atoms with Gasteiger partial charge in [0.1, 0.15) is 5.82 Å². The molecule has 0 heterocycles. The topological polar surface area (TPSA) is 12.0 Å². The summed E-state index contributed by atoms with van der Waals surface area (Å²) >= 11 is 3.43. The van der Waals surface area contributed by atoms with Crippen molar-refractivity contribution in [1.82, 2.24) is 5.32 Å². The van der Waals surface area contributed by atoms with Gasteiger partial charge >= 0.3 is 0 Å². The number of benzene rings is 1. The van der Waals surface area contributed by atoms with Gasteiger partial charge in [-0.25, -0.2) is 4.39 Å². The van der Waals surface area contributed by atoms with Crippen molar-refractivity contribution >= 4 is 15.9 Å². The van der Waals surface area contributed by atoms with E-state index in [0.717, 1.165) is 16.6 Å². The van der Waals surface area contributed by atoms with E-state index in [-0.39, 0.29) is 5.82 Å². The predicted octanol–water partition coefficient (Wildman–Crippen LogP) is 4.36. The molecule has 0 radical (unpaired) electrons. The Morgan fingerprint density at radius 2 is 2.00 bits per heavy atom. The van der Waals surface area contributed by atoms with Gasteiger partial charge in [-0.05, 0) is 41.6 Å². The highest BCUT2D eigenvalue weighted by Crippen LogP contribution is 2.24. The largest absolute Gasteiger partial charge is 0.312 e. The Morgan fingerprint density at radius 3 is 2.59 bits per heavy atom. The molecule has 1 N–H and O–H groups in total. The summed E-state index contributed by atoms with van der Waals surface area (Å²) < 4.78 is 14.0. The van der Waals surface area contributed by atoms with Crippen LogP contribution in [0.25, 0.3) is 0 Å². The molecule has 0 aromatic heterocycles. The molecule has 0 aliphatic rings. The first-order chi connectivity index (χ1) is 7.80. The molecule has 1 nitrogen and oxygen atoms in total. The highest BCUT2D eigenvalue weighted by molar-refractivity contribution is 9.10. The van der Waals surface area contributed by atoms with E-state index in [9.17, 15) is 4.39 Å². The van der Waals surface area contributed by atoms with E-state index in [1.54, 1.807) is 12.1 Å². The third kappa shape index (κ3) is 4.76. The maximum atomic E-state index is 13.1. The molecule has 3 heteroatoms. The second-order valence-corrected chi connectivity index (χ2v) is 6.49. The average molecular weight is 302 g/mol. The minimum Gasteiger partial charge on any atom is -0.312 e. The van der Waals surface area contributed by atoms with Crippen LogP contribution in [0.3, 0.4) is 0 Å². The van der Waals surface area contributed by atoms with E-state index < -0.39 is 0 Å². The van der Waals surface area contributed by atoms with Crippen LogP contribution in [0.1, 0.15) is 33.3 Å². The lowest BCUT2D eigenvalue weighted by atomic mass is 9.82. The van der Waals surface area contributed by atoms with Crippen LogP contribution in [-0.4, -0.2) is 6.54 Å². The normalized spacial score (nSPS) is 13.8. The molecule has 0 bridgehead atoms. The molecule has 0 spiro atoms. The smallest absolute Gasteiger partial charge is 0.123 e. The molecule has 96 valence electrons. The molecule has 1 aromatic carbocycles. The second kappa shape index (κ2) is 5.96. The van der Waals surface area contributed by atoms with Crippen molar-refractivity contribution in [1.29, 1.82) is 0 Å². The molecule has 0 aliphatic heterocycles. The molecule has 0 aliphatic carbocycles. The third-order valence-electron chi connectivity index (χ3n) is 3.25. The monoisotopic (exact) mass is 301 g/mol. The van der Waals surface area contributed by atoms with Crippen LogP contribution in [-0.2, 0) is 6.54 Å². The molecule has 1 unspecified atom stereocenters. The Morgan fingerprint density at radius 1 is 1.35 bits per heavy atom. The summed E-state index contributed by atoms with van der Waals surface area (Å²) in [6, 6.07) is 4.78. The van der Waals surface area contributed by atoms with Crippen molar-refractivity contribution in [2.75, 3.05) is 6.54 Å². The first kappa shape index (κ1) is 14.7. The van der Waals surface area contributed by atoms with Crippen molar-refractivity contribution in [3.05, 3.63) is 34.1 Å². The Labute approximate surface area is 112 Å². The SMILES string of the molecule is CC(CNCc1cc(F)ccc1Br)C(C)(C)C. The zero-order valence-corrected chi connectivity index (χ0v) is 12.6. The van der Waals surface area contributed by atoms with Crippen molar-refractivity contribution in [2.45, 2.75) is 34.2 Å². The van der Waals surface area contributed by atoms with Crippen molar-refractivity contribution in [2.24, 2.45) is 11.3 Å². The minimum absolute atomic E-state index is 0.186. The number of halogens is 2. The Kier molecular flexibility index (Phi) is 5.14. The van der Waals surface area contributed by atoms with Gasteiger partial charge in [-0.15, -0.1) is 0 Å². The molecule has 1 rings (SSSR count). The van der Waals surface area contributed by atoms with Crippen LogP contribution < -0.4 is 5.32 Å². The predicted molar refractivity (Wildman–Crippen MR) is 74.4 cm³/mol. The number of nitrogens with one attached hydrogen (secondary N) is 1. The number of rotatable bonds is 4. The second-order valence-electron chi connectivity index (χ2n) is 5.63. The van der Waals surface area contributed by atoms with Gasteiger partial charge in [0.25, 0.3) is 0 Å². The van der Waals surface area contributed by atoms with Crippen LogP contribution >= 0.6 is 15.9 Å². The zero-order chi connectivity index (χ0) is 13.1. The summed E-state index contributed by atoms with van der Waals surface area (Å²) in [7, 11) is 0. The summed E-state index contributed by atoms with van der Waals surface area (Å²) in [6.45, 7) is 10.6. The summed E-state index contributed by atoms with van der Waals surface area (Å²) in [5.74, 6) is 0.392. The van der Waals surface area contributed by atoms with Gasteiger partial charge in [0.05, 0.1) is 0 Å². The first-order valence-electron chi connectivity index (χ1n) is 5.95. The number of hydrogen-bond acceptors (Lipinski definition) is 1. The van der Waals surface area contributed by atoms with Gasteiger partial charge in [-0.2, -0.15) is 0 Å². The van der Waals surface area contributed by atoms with Crippen molar-refractivity contribution in [3.8, 4) is 0 Å². The molecule has 17 heavy (non-hydrogen) atoms. The molecule has 1 atom stereocenters. The maximum absolute atomic E-state index is 13.1. The summed E-state index contributed by atoms with van der Waals surface area (Å²) in [5, 5.41) is 3.38. The molecular formula is C14H21BrFN. The van der Waals surface area contributed by atoms with Gasteiger partial charge in [0.2, 0.25) is 0 Å². The van der Waals surface area contributed by atoms with E-state index >= 15 is 0 Å². The Bertz CT molecular complexity index is 371. The Balaban J connectivity index is 2.49. The summed E-state index contributed by atoms with van der Waals surface area (Å²) in [4.78, 5) is 0. The van der Waals surface area contributed by atoms with Gasteiger partial charge in [0.15, 0.2) is 0 Å². The van der Waals surface area contributed by atoms with E-state index in [0.29, 0.717) is 17.9 Å². The molecule has 0 amide bonds.